The van der Waals surface area contributed by atoms with E-state index in [0.29, 0.717) is 12.1 Å². The van der Waals surface area contributed by atoms with Crippen LogP contribution in [0.5, 0.6) is 0 Å². The Kier molecular flexibility index (Phi) is 4.24. The van der Waals surface area contributed by atoms with Gasteiger partial charge in [0.2, 0.25) is 0 Å². The van der Waals surface area contributed by atoms with E-state index in [2.05, 4.69) is 67.6 Å². The van der Waals surface area contributed by atoms with Crippen LogP contribution in [0.4, 0.5) is 0 Å². The highest BCUT2D eigenvalue weighted by Crippen LogP contribution is 2.31. The fourth-order valence-corrected chi connectivity index (χ4v) is 3.77. The van der Waals surface area contributed by atoms with Crippen LogP contribution in [0.3, 0.4) is 0 Å². The zero-order valence-electron chi connectivity index (χ0n) is 14.5. The maximum absolute atomic E-state index is 12.4. The van der Waals surface area contributed by atoms with Crippen molar-refractivity contribution in [2.75, 3.05) is 6.54 Å². The Balaban J connectivity index is 1.51. The van der Waals surface area contributed by atoms with Crippen molar-refractivity contribution in [2.24, 2.45) is 0 Å². The molecule has 0 aliphatic carbocycles. The minimum atomic E-state index is -0.100. The molecule has 132 valence electrons. The summed E-state index contributed by atoms with van der Waals surface area (Å²) < 4.78 is 1.05. The van der Waals surface area contributed by atoms with Crippen molar-refractivity contribution < 1.29 is 4.79 Å². The molecule has 0 atom stereocenters. The van der Waals surface area contributed by atoms with Crippen LogP contribution < -0.4 is 5.32 Å². The summed E-state index contributed by atoms with van der Waals surface area (Å²) in [6.45, 7) is 4.75. The number of rotatable bonds is 4. The van der Waals surface area contributed by atoms with Crippen LogP contribution in [-0.4, -0.2) is 32.8 Å². The van der Waals surface area contributed by atoms with E-state index in [1.54, 1.807) is 18.2 Å². The number of hydrogen-bond acceptors (Lipinski definition) is 3. The molecule has 0 spiro atoms. The Labute approximate surface area is 158 Å². The van der Waals surface area contributed by atoms with Gasteiger partial charge in [-0.2, -0.15) is 0 Å². The average molecular weight is 412 g/mol. The molecule has 0 saturated heterocycles. The van der Waals surface area contributed by atoms with E-state index in [-0.39, 0.29) is 5.91 Å². The number of amides is 1. The van der Waals surface area contributed by atoms with Crippen molar-refractivity contribution in [3.05, 3.63) is 57.2 Å². The quantitative estimate of drug-likeness (QED) is 0.477. The Morgan fingerprint density at radius 3 is 2.92 bits per heavy atom. The lowest BCUT2D eigenvalue weighted by Crippen LogP contribution is -2.25. The summed E-state index contributed by atoms with van der Waals surface area (Å²) in [6, 6.07) is 9.48. The van der Waals surface area contributed by atoms with Crippen LogP contribution in [0.25, 0.3) is 21.9 Å². The second-order valence-corrected chi connectivity index (χ2v) is 7.25. The number of carbonyl (C=O) groups is 1. The third-order valence-electron chi connectivity index (χ3n) is 4.68. The molecule has 2 aromatic heterocycles. The number of halogens is 1. The zero-order valence-corrected chi connectivity index (χ0v) is 16.1. The van der Waals surface area contributed by atoms with E-state index in [4.69, 9.17) is 0 Å². The molecule has 26 heavy (non-hydrogen) atoms. The standard InChI is InChI=1S/C19H18BrN5O/c1-10-3-5-14(20)18-17(10)13(11(2)22-18)7-8-21-19(26)12-4-6-15-16(9-12)24-25-23-15/h3-6,9,22H,7-8H2,1-2H3,(H,21,26)(H,23,24,25). The van der Waals surface area contributed by atoms with Gasteiger partial charge in [0, 0.05) is 27.7 Å². The molecule has 6 nitrogen and oxygen atoms in total. The summed E-state index contributed by atoms with van der Waals surface area (Å²) in [4.78, 5) is 15.9. The lowest BCUT2D eigenvalue weighted by atomic mass is 10.0. The molecule has 4 rings (SSSR count). The van der Waals surface area contributed by atoms with E-state index in [1.165, 1.54) is 16.5 Å². The van der Waals surface area contributed by atoms with Gasteiger partial charge in [0.25, 0.3) is 5.91 Å². The monoisotopic (exact) mass is 411 g/mol. The number of benzene rings is 2. The Bertz CT molecular complexity index is 1130. The summed E-state index contributed by atoms with van der Waals surface area (Å²) in [7, 11) is 0. The first-order chi connectivity index (χ1) is 12.5. The average Bonchev–Trinajstić information content (AvgIpc) is 3.22. The van der Waals surface area contributed by atoms with Gasteiger partial charge in [0.15, 0.2) is 0 Å². The maximum atomic E-state index is 12.4. The predicted molar refractivity (Wildman–Crippen MR) is 105 cm³/mol. The van der Waals surface area contributed by atoms with Crippen LogP contribution in [0.2, 0.25) is 0 Å². The largest absolute Gasteiger partial charge is 0.357 e. The normalized spacial score (nSPS) is 11.3. The summed E-state index contributed by atoms with van der Waals surface area (Å²) in [5, 5.41) is 14.7. The number of aromatic amines is 2. The number of H-pyrrole nitrogens is 2. The van der Waals surface area contributed by atoms with Crippen molar-refractivity contribution in [3.8, 4) is 0 Å². The van der Waals surface area contributed by atoms with Crippen LogP contribution >= 0.6 is 15.9 Å². The van der Waals surface area contributed by atoms with Crippen molar-refractivity contribution in [2.45, 2.75) is 20.3 Å². The van der Waals surface area contributed by atoms with E-state index in [1.807, 2.05) is 0 Å². The molecule has 2 aromatic carbocycles. The minimum absolute atomic E-state index is 0.100. The van der Waals surface area contributed by atoms with Gasteiger partial charge >= 0.3 is 0 Å². The van der Waals surface area contributed by atoms with Crippen LogP contribution in [0, 0.1) is 13.8 Å². The predicted octanol–water partition coefficient (Wildman–Crippen LogP) is 3.79. The molecule has 0 radical (unpaired) electrons. The first-order valence-electron chi connectivity index (χ1n) is 8.40. The third-order valence-corrected chi connectivity index (χ3v) is 5.34. The topological polar surface area (TPSA) is 86.5 Å². The van der Waals surface area contributed by atoms with Crippen molar-refractivity contribution in [1.29, 1.82) is 0 Å². The molecule has 7 heteroatoms. The first kappa shape index (κ1) is 16.8. The highest BCUT2D eigenvalue weighted by Gasteiger charge is 2.14. The lowest BCUT2D eigenvalue weighted by molar-refractivity contribution is 0.0954. The Morgan fingerprint density at radius 1 is 1.23 bits per heavy atom. The summed E-state index contributed by atoms with van der Waals surface area (Å²) in [5.74, 6) is -0.100. The molecule has 0 aliphatic heterocycles. The van der Waals surface area contributed by atoms with Gasteiger partial charge in [-0.05, 0) is 71.6 Å². The van der Waals surface area contributed by atoms with Gasteiger partial charge in [-0.25, -0.2) is 0 Å². The van der Waals surface area contributed by atoms with Crippen LogP contribution in [0.15, 0.2) is 34.8 Å². The van der Waals surface area contributed by atoms with Crippen LogP contribution in [-0.2, 0) is 6.42 Å². The lowest BCUT2D eigenvalue weighted by Gasteiger charge is -2.07. The first-order valence-corrected chi connectivity index (χ1v) is 9.19. The number of fused-ring (bicyclic) bond motifs is 2. The van der Waals surface area contributed by atoms with Crippen molar-refractivity contribution in [1.82, 2.24) is 25.7 Å². The number of aromatic nitrogens is 4. The van der Waals surface area contributed by atoms with E-state index >= 15 is 0 Å². The minimum Gasteiger partial charge on any atom is -0.357 e. The molecule has 0 unspecified atom stereocenters. The third kappa shape index (κ3) is 2.88. The Hall–Kier alpha value is -2.67. The molecule has 0 aliphatic rings. The van der Waals surface area contributed by atoms with Crippen LogP contribution in [0.1, 0.15) is 27.2 Å². The molecule has 3 N–H and O–H groups in total. The molecule has 1 amide bonds. The highest BCUT2D eigenvalue weighted by molar-refractivity contribution is 9.10. The fourth-order valence-electron chi connectivity index (χ4n) is 3.35. The molecular formula is C19H18BrN5O. The second kappa shape index (κ2) is 6.57. The number of hydrogen-bond donors (Lipinski definition) is 3. The molecular weight excluding hydrogens is 394 g/mol. The van der Waals surface area contributed by atoms with Gasteiger partial charge in [-0.1, -0.05) is 11.3 Å². The van der Waals surface area contributed by atoms with Gasteiger partial charge < -0.3 is 10.3 Å². The van der Waals surface area contributed by atoms with E-state index in [0.717, 1.165) is 33.1 Å². The highest BCUT2D eigenvalue weighted by atomic mass is 79.9. The number of nitrogens with zero attached hydrogens (tertiary/aromatic N) is 2. The van der Waals surface area contributed by atoms with Gasteiger partial charge in [0.1, 0.15) is 5.52 Å². The number of aryl methyl sites for hydroxylation is 2. The molecule has 0 saturated carbocycles. The van der Waals surface area contributed by atoms with Gasteiger partial charge in [-0.15, -0.1) is 5.10 Å². The molecule has 4 aromatic rings. The molecule has 0 fully saturated rings. The van der Waals surface area contributed by atoms with Crippen molar-refractivity contribution >= 4 is 43.8 Å². The summed E-state index contributed by atoms with van der Waals surface area (Å²) in [5.41, 5.74) is 6.81. The van der Waals surface area contributed by atoms with E-state index in [9.17, 15) is 4.79 Å². The Morgan fingerprint density at radius 2 is 2.08 bits per heavy atom. The summed E-state index contributed by atoms with van der Waals surface area (Å²) in [6.07, 6.45) is 0.767. The number of nitrogens with one attached hydrogen (secondary N) is 3. The zero-order chi connectivity index (χ0) is 18.3. The van der Waals surface area contributed by atoms with E-state index < -0.39 is 0 Å². The molecule has 2 heterocycles. The van der Waals surface area contributed by atoms with Gasteiger partial charge in [-0.3, -0.25) is 9.89 Å². The van der Waals surface area contributed by atoms with Gasteiger partial charge in [0.05, 0.1) is 11.0 Å². The maximum Gasteiger partial charge on any atom is 0.251 e. The SMILES string of the molecule is Cc1[nH]c2c(Br)ccc(C)c2c1CCNC(=O)c1ccc2nn[nH]c2c1. The fraction of sp³-hybridized carbons (Fsp3) is 0.211. The number of carbonyl (C=O) groups excluding carboxylic acids is 1. The summed E-state index contributed by atoms with van der Waals surface area (Å²) >= 11 is 3.60. The molecule has 0 bridgehead atoms. The second-order valence-electron chi connectivity index (χ2n) is 6.39. The van der Waals surface area contributed by atoms with Crippen molar-refractivity contribution in [3.63, 3.8) is 0 Å². The smallest absolute Gasteiger partial charge is 0.251 e.